The Balaban J connectivity index is 1.42. The van der Waals surface area contributed by atoms with E-state index in [2.05, 4.69) is 29.2 Å². The average Bonchev–Trinajstić information content (AvgIpc) is 3.26. The zero-order valence-corrected chi connectivity index (χ0v) is 19.7. The Hall–Kier alpha value is -2.87. The fourth-order valence-electron chi connectivity index (χ4n) is 5.22. The number of morpholine rings is 1. The average molecular weight is 465 g/mol. The summed E-state index contributed by atoms with van der Waals surface area (Å²) in [5.74, 6) is -2.00. The van der Waals surface area contributed by atoms with Crippen molar-refractivity contribution in [1.82, 2.24) is 4.90 Å². The Bertz CT molecular complexity index is 1150. The lowest BCUT2D eigenvalue weighted by Crippen LogP contribution is -2.37. The summed E-state index contributed by atoms with van der Waals surface area (Å²) in [7, 11) is 0. The lowest BCUT2D eigenvalue weighted by atomic mass is 9.90. The highest BCUT2D eigenvalue weighted by Gasteiger charge is 2.48. The maximum Gasteiger partial charge on any atom is 0.244 e. The van der Waals surface area contributed by atoms with Gasteiger partial charge in [-0.2, -0.15) is 0 Å². The van der Waals surface area contributed by atoms with Crippen molar-refractivity contribution < 1.29 is 23.5 Å². The van der Waals surface area contributed by atoms with Crippen LogP contribution in [-0.2, 0) is 25.6 Å². The molecular formula is C27H29FN2O4. The van der Waals surface area contributed by atoms with Crippen molar-refractivity contribution in [3.05, 3.63) is 71.0 Å². The minimum Gasteiger partial charge on any atom is -0.379 e. The highest BCUT2D eigenvalue weighted by atomic mass is 19.1. The molecule has 0 aromatic heterocycles. The Morgan fingerprint density at radius 1 is 1.12 bits per heavy atom. The zero-order valence-electron chi connectivity index (χ0n) is 19.7. The summed E-state index contributed by atoms with van der Waals surface area (Å²) in [6.07, 6.45) is 1.43. The largest absolute Gasteiger partial charge is 0.379 e. The van der Waals surface area contributed by atoms with Gasteiger partial charge in [0.1, 0.15) is 5.82 Å². The van der Waals surface area contributed by atoms with Crippen LogP contribution in [0.5, 0.6) is 0 Å². The smallest absolute Gasteiger partial charge is 0.244 e. The summed E-state index contributed by atoms with van der Waals surface area (Å²) >= 11 is 0. The quantitative estimate of drug-likeness (QED) is 0.687. The first kappa shape index (κ1) is 22.9. The van der Waals surface area contributed by atoms with Crippen LogP contribution in [0, 0.1) is 5.82 Å². The number of fused-ring (bicyclic) bond motifs is 1. The molecule has 1 fully saturated rings. The summed E-state index contributed by atoms with van der Waals surface area (Å²) in [4.78, 5) is 28.9. The van der Waals surface area contributed by atoms with Gasteiger partial charge in [-0.05, 0) is 54.3 Å². The molecule has 1 saturated heterocycles. The third-order valence-electron chi connectivity index (χ3n) is 6.88. The maximum absolute atomic E-state index is 13.9. The molecule has 0 radical (unpaired) electrons. The molecule has 2 atom stereocenters. The second kappa shape index (κ2) is 8.73. The van der Waals surface area contributed by atoms with Gasteiger partial charge in [0.15, 0.2) is 0 Å². The molecule has 2 aromatic carbocycles. The Morgan fingerprint density at radius 3 is 2.50 bits per heavy atom. The fourth-order valence-corrected chi connectivity index (χ4v) is 5.22. The monoisotopic (exact) mass is 464 g/mol. The van der Waals surface area contributed by atoms with Crippen LogP contribution in [0.1, 0.15) is 43.4 Å². The molecule has 3 aliphatic rings. The van der Waals surface area contributed by atoms with E-state index < -0.39 is 29.3 Å². The lowest BCUT2D eigenvalue weighted by molar-refractivity contribution is -0.127. The zero-order chi connectivity index (χ0) is 24.0. The van der Waals surface area contributed by atoms with Crippen molar-refractivity contribution in [2.24, 2.45) is 0 Å². The van der Waals surface area contributed by atoms with E-state index in [9.17, 15) is 14.0 Å². The Labute approximate surface area is 198 Å². The summed E-state index contributed by atoms with van der Waals surface area (Å²) in [5, 5.41) is 0. The number of anilines is 1. The molecule has 34 heavy (non-hydrogen) atoms. The maximum atomic E-state index is 13.9. The molecule has 2 unspecified atom stereocenters. The van der Waals surface area contributed by atoms with Crippen LogP contribution >= 0.6 is 0 Å². The van der Waals surface area contributed by atoms with Crippen molar-refractivity contribution >= 4 is 23.1 Å². The molecular weight excluding hydrogens is 435 g/mol. The molecule has 2 amide bonds. The van der Waals surface area contributed by atoms with Gasteiger partial charge in [-0.15, -0.1) is 0 Å². The van der Waals surface area contributed by atoms with E-state index in [1.165, 1.54) is 24.6 Å². The third kappa shape index (κ3) is 4.08. The first-order chi connectivity index (χ1) is 16.2. The van der Waals surface area contributed by atoms with Gasteiger partial charge in [0.25, 0.3) is 0 Å². The van der Waals surface area contributed by atoms with E-state index in [0.717, 1.165) is 48.9 Å². The van der Waals surface area contributed by atoms with Crippen molar-refractivity contribution in [2.45, 2.75) is 44.9 Å². The van der Waals surface area contributed by atoms with Crippen LogP contribution in [0.25, 0.3) is 5.57 Å². The molecule has 6 nitrogen and oxygen atoms in total. The van der Waals surface area contributed by atoms with Crippen LogP contribution in [0.2, 0.25) is 0 Å². The molecule has 0 aliphatic carbocycles. The first-order valence-electron chi connectivity index (χ1n) is 11.7. The number of amides is 2. The second-order valence-corrected chi connectivity index (χ2v) is 9.63. The fraction of sp³-hybridized carbons (Fsp3) is 0.407. The molecule has 178 valence electrons. The van der Waals surface area contributed by atoms with E-state index in [4.69, 9.17) is 9.47 Å². The summed E-state index contributed by atoms with van der Waals surface area (Å²) in [6, 6.07) is 12.6. The molecule has 0 saturated carbocycles. The van der Waals surface area contributed by atoms with Crippen LogP contribution in [0.4, 0.5) is 10.1 Å². The standard InChI is InChI=1S/C27H29FN2O4/c1-17(31)30-23-14-20(28)8-9-21(23)25(26(30)32)24-15-22(27(2,3)34-24)19-6-4-18(5-7-19)16-29-10-12-33-13-11-29/h4-9,14-15,24-25H,10-13,16H2,1-3H3. The van der Waals surface area contributed by atoms with Gasteiger partial charge in [-0.1, -0.05) is 30.3 Å². The Kier molecular flexibility index (Phi) is 5.88. The SMILES string of the molecule is CC(=O)N1C(=O)C(C2C=C(c3ccc(CN4CCOCC4)cc3)C(C)(C)O2)c2ccc(F)cc21. The van der Waals surface area contributed by atoms with E-state index in [1.54, 1.807) is 6.07 Å². The number of benzene rings is 2. The van der Waals surface area contributed by atoms with Gasteiger partial charge in [-0.3, -0.25) is 14.5 Å². The molecule has 2 aromatic rings. The minimum atomic E-state index is -0.697. The van der Waals surface area contributed by atoms with Gasteiger partial charge in [0, 0.05) is 26.6 Å². The number of ether oxygens (including phenoxy) is 2. The predicted molar refractivity (Wildman–Crippen MR) is 127 cm³/mol. The minimum absolute atomic E-state index is 0.304. The molecule has 0 spiro atoms. The highest BCUT2D eigenvalue weighted by molar-refractivity contribution is 6.20. The normalized spacial score (nSPS) is 24.3. The van der Waals surface area contributed by atoms with Gasteiger partial charge in [0.2, 0.25) is 11.8 Å². The van der Waals surface area contributed by atoms with Crippen LogP contribution in [0.3, 0.4) is 0 Å². The van der Waals surface area contributed by atoms with Gasteiger partial charge < -0.3 is 9.47 Å². The van der Waals surface area contributed by atoms with E-state index in [1.807, 2.05) is 19.9 Å². The van der Waals surface area contributed by atoms with Crippen molar-refractivity contribution in [1.29, 1.82) is 0 Å². The molecule has 3 aliphatic heterocycles. The number of halogens is 1. The molecule has 0 N–H and O–H groups in total. The first-order valence-corrected chi connectivity index (χ1v) is 11.7. The molecule has 5 rings (SSSR count). The summed E-state index contributed by atoms with van der Waals surface area (Å²) in [5.41, 5.74) is 3.55. The lowest BCUT2D eigenvalue weighted by Gasteiger charge is -2.27. The van der Waals surface area contributed by atoms with E-state index in [0.29, 0.717) is 11.3 Å². The van der Waals surface area contributed by atoms with Crippen LogP contribution in [-0.4, -0.2) is 54.7 Å². The highest BCUT2D eigenvalue weighted by Crippen LogP contribution is 2.47. The number of nitrogens with zero attached hydrogens (tertiary/aromatic N) is 2. The number of carbonyl (C=O) groups excluding carboxylic acids is 2. The Morgan fingerprint density at radius 2 is 1.82 bits per heavy atom. The number of hydrogen-bond acceptors (Lipinski definition) is 5. The number of hydrogen-bond donors (Lipinski definition) is 0. The van der Waals surface area contributed by atoms with Gasteiger partial charge in [-0.25, -0.2) is 9.29 Å². The second-order valence-electron chi connectivity index (χ2n) is 9.63. The van der Waals surface area contributed by atoms with Crippen molar-refractivity contribution in [3.63, 3.8) is 0 Å². The van der Waals surface area contributed by atoms with E-state index >= 15 is 0 Å². The molecule has 0 bridgehead atoms. The van der Waals surface area contributed by atoms with Crippen molar-refractivity contribution in [3.8, 4) is 0 Å². The van der Waals surface area contributed by atoms with Gasteiger partial charge in [0.05, 0.1) is 36.5 Å². The van der Waals surface area contributed by atoms with Crippen LogP contribution in [0.15, 0.2) is 48.5 Å². The molecule has 3 heterocycles. The van der Waals surface area contributed by atoms with Gasteiger partial charge >= 0.3 is 0 Å². The van der Waals surface area contributed by atoms with Crippen molar-refractivity contribution in [2.75, 3.05) is 31.2 Å². The number of imide groups is 1. The van der Waals surface area contributed by atoms with Crippen LogP contribution < -0.4 is 4.90 Å². The number of rotatable bonds is 4. The topological polar surface area (TPSA) is 59.1 Å². The van der Waals surface area contributed by atoms with E-state index in [-0.39, 0.29) is 5.91 Å². The predicted octanol–water partition coefficient (Wildman–Crippen LogP) is 3.90. The molecule has 7 heteroatoms. The third-order valence-corrected chi connectivity index (χ3v) is 6.88. The summed E-state index contributed by atoms with van der Waals surface area (Å²) in [6.45, 7) is 9.58. The summed E-state index contributed by atoms with van der Waals surface area (Å²) < 4.78 is 25.7. The number of carbonyl (C=O) groups is 2.